The number of ether oxygens (including phenoxy) is 1. The van der Waals surface area contributed by atoms with E-state index in [0.717, 1.165) is 51.7 Å². The van der Waals surface area contributed by atoms with Crippen molar-refractivity contribution in [3.8, 4) is 0 Å². The summed E-state index contributed by atoms with van der Waals surface area (Å²) in [6.45, 7) is 5.06. The van der Waals surface area contributed by atoms with Gasteiger partial charge in [0, 0.05) is 46.4 Å². The van der Waals surface area contributed by atoms with Gasteiger partial charge in [0.1, 0.15) is 5.82 Å². The summed E-state index contributed by atoms with van der Waals surface area (Å²) in [5, 5.41) is 3.44. The Morgan fingerprint density at radius 1 is 1.29 bits per heavy atom. The van der Waals surface area contributed by atoms with Crippen molar-refractivity contribution in [3.05, 3.63) is 30.1 Å². The van der Waals surface area contributed by atoms with Crippen LogP contribution in [-0.2, 0) is 4.74 Å². The van der Waals surface area contributed by atoms with Gasteiger partial charge in [0.05, 0.1) is 11.8 Å². The largest absolute Gasteiger partial charge is 0.378 e. The van der Waals surface area contributed by atoms with Crippen LogP contribution in [0.3, 0.4) is 0 Å². The van der Waals surface area contributed by atoms with Crippen molar-refractivity contribution in [2.75, 3.05) is 51.3 Å². The standard InChI is InChI=1S/C18H27FN4O/c1-20-18(21-9-8-15-5-4-14-24-15)23-12-10-22(11-13-23)17-7-3-2-6-16(17)19/h2-3,6-7,15H,4-5,8-14H2,1H3,(H,20,21). The quantitative estimate of drug-likeness (QED) is 0.676. The minimum atomic E-state index is -0.148. The molecule has 1 N–H and O–H groups in total. The molecule has 2 saturated heterocycles. The van der Waals surface area contributed by atoms with E-state index in [1.807, 2.05) is 19.2 Å². The fourth-order valence-corrected chi connectivity index (χ4v) is 3.42. The van der Waals surface area contributed by atoms with Crippen molar-refractivity contribution in [1.29, 1.82) is 0 Å². The second kappa shape index (κ2) is 8.33. The Hall–Kier alpha value is -1.82. The maximum Gasteiger partial charge on any atom is 0.193 e. The summed E-state index contributed by atoms with van der Waals surface area (Å²) in [6.07, 6.45) is 3.77. The molecule has 2 fully saturated rings. The van der Waals surface area contributed by atoms with Gasteiger partial charge in [0.15, 0.2) is 5.96 Å². The van der Waals surface area contributed by atoms with Gasteiger partial charge in [-0.2, -0.15) is 0 Å². The number of nitrogens with zero attached hydrogens (tertiary/aromatic N) is 3. The molecule has 2 heterocycles. The van der Waals surface area contributed by atoms with Gasteiger partial charge in [-0.3, -0.25) is 4.99 Å². The predicted octanol–water partition coefficient (Wildman–Crippen LogP) is 2.09. The molecule has 1 atom stereocenters. The molecular formula is C18H27FN4O. The third kappa shape index (κ3) is 4.17. The van der Waals surface area contributed by atoms with Gasteiger partial charge in [-0.1, -0.05) is 12.1 Å². The van der Waals surface area contributed by atoms with Crippen LogP contribution in [-0.4, -0.2) is 63.3 Å². The molecule has 0 aromatic heterocycles. The molecule has 0 bridgehead atoms. The van der Waals surface area contributed by atoms with Crippen molar-refractivity contribution in [3.63, 3.8) is 0 Å². The molecule has 24 heavy (non-hydrogen) atoms. The highest BCUT2D eigenvalue weighted by Gasteiger charge is 2.22. The number of para-hydroxylation sites is 1. The van der Waals surface area contributed by atoms with Crippen molar-refractivity contribution in [2.45, 2.75) is 25.4 Å². The van der Waals surface area contributed by atoms with E-state index in [9.17, 15) is 4.39 Å². The monoisotopic (exact) mass is 334 g/mol. The maximum atomic E-state index is 13.9. The van der Waals surface area contributed by atoms with Crippen molar-refractivity contribution >= 4 is 11.6 Å². The summed E-state index contributed by atoms with van der Waals surface area (Å²) in [7, 11) is 1.82. The van der Waals surface area contributed by atoms with Gasteiger partial charge >= 0.3 is 0 Å². The fraction of sp³-hybridized carbons (Fsp3) is 0.611. The number of halogens is 1. The van der Waals surface area contributed by atoms with Gasteiger partial charge in [0.25, 0.3) is 0 Å². The number of guanidine groups is 1. The molecule has 1 aromatic carbocycles. The normalized spacial score (nSPS) is 22.1. The fourth-order valence-electron chi connectivity index (χ4n) is 3.42. The van der Waals surface area contributed by atoms with Crippen LogP contribution >= 0.6 is 0 Å². The molecule has 6 heteroatoms. The van der Waals surface area contributed by atoms with Gasteiger partial charge in [-0.05, 0) is 31.4 Å². The van der Waals surface area contributed by atoms with E-state index in [1.54, 1.807) is 6.07 Å². The molecule has 1 unspecified atom stereocenters. The molecule has 3 rings (SSSR count). The summed E-state index contributed by atoms with van der Waals surface area (Å²) in [5.74, 6) is 0.784. The number of nitrogens with one attached hydrogen (secondary N) is 1. The lowest BCUT2D eigenvalue weighted by molar-refractivity contribution is 0.105. The van der Waals surface area contributed by atoms with Crippen LogP contribution in [0, 0.1) is 5.82 Å². The molecule has 2 aliphatic heterocycles. The van der Waals surface area contributed by atoms with Crippen molar-refractivity contribution in [2.24, 2.45) is 4.99 Å². The lowest BCUT2D eigenvalue weighted by Gasteiger charge is -2.37. The summed E-state index contributed by atoms with van der Waals surface area (Å²) in [4.78, 5) is 8.73. The molecule has 0 radical (unpaired) electrons. The topological polar surface area (TPSA) is 40.1 Å². The molecule has 5 nitrogen and oxygen atoms in total. The number of hydrogen-bond donors (Lipinski definition) is 1. The Labute approximate surface area is 143 Å². The van der Waals surface area contributed by atoms with E-state index in [1.165, 1.54) is 18.9 Å². The molecule has 132 valence electrons. The SMILES string of the molecule is CN=C(NCCC1CCCO1)N1CCN(c2ccccc2F)CC1. The van der Waals surface area contributed by atoms with Crippen LogP contribution < -0.4 is 10.2 Å². The van der Waals surface area contributed by atoms with Crippen LogP contribution in [0.1, 0.15) is 19.3 Å². The van der Waals surface area contributed by atoms with Gasteiger partial charge in [0.2, 0.25) is 0 Å². The van der Waals surface area contributed by atoms with E-state index in [0.29, 0.717) is 11.8 Å². The highest BCUT2D eigenvalue weighted by molar-refractivity contribution is 5.80. The lowest BCUT2D eigenvalue weighted by Crippen LogP contribution is -2.53. The summed E-state index contributed by atoms with van der Waals surface area (Å²) in [6, 6.07) is 6.98. The van der Waals surface area contributed by atoms with Gasteiger partial charge in [-0.15, -0.1) is 0 Å². The van der Waals surface area contributed by atoms with Crippen LogP contribution in [0.2, 0.25) is 0 Å². The summed E-state index contributed by atoms with van der Waals surface area (Å²) < 4.78 is 19.6. The predicted molar refractivity (Wildman–Crippen MR) is 95.1 cm³/mol. The zero-order valence-electron chi connectivity index (χ0n) is 14.4. The third-order valence-electron chi connectivity index (χ3n) is 4.76. The number of piperazine rings is 1. The van der Waals surface area contributed by atoms with E-state index in [-0.39, 0.29) is 5.82 Å². The average Bonchev–Trinajstić information content (AvgIpc) is 3.13. The highest BCUT2D eigenvalue weighted by Crippen LogP contribution is 2.20. The number of hydrogen-bond acceptors (Lipinski definition) is 3. The van der Waals surface area contributed by atoms with Gasteiger partial charge < -0.3 is 19.9 Å². The Bertz CT molecular complexity index is 552. The van der Waals surface area contributed by atoms with Crippen LogP contribution in [0.15, 0.2) is 29.3 Å². The van der Waals surface area contributed by atoms with E-state index in [4.69, 9.17) is 4.74 Å². The summed E-state index contributed by atoms with van der Waals surface area (Å²) in [5.41, 5.74) is 0.693. The van der Waals surface area contributed by atoms with E-state index >= 15 is 0 Å². The molecule has 2 aliphatic rings. The lowest BCUT2D eigenvalue weighted by atomic mass is 10.2. The van der Waals surface area contributed by atoms with E-state index in [2.05, 4.69) is 20.1 Å². The number of rotatable bonds is 4. The minimum Gasteiger partial charge on any atom is -0.378 e. The second-order valence-electron chi connectivity index (χ2n) is 6.32. The minimum absolute atomic E-state index is 0.148. The first-order chi connectivity index (χ1) is 11.8. The Balaban J connectivity index is 1.46. The smallest absolute Gasteiger partial charge is 0.193 e. The molecule has 0 amide bonds. The molecule has 0 aliphatic carbocycles. The Morgan fingerprint density at radius 3 is 2.75 bits per heavy atom. The van der Waals surface area contributed by atoms with Crippen molar-refractivity contribution in [1.82, 2.24) is 10.2 Å². The first-order valence-corrected chi connectivity index (χ1v) is 8.84. The second-order valence-corrected chi connectivity index (χ2v) is 6.32. The van der Waals surface area contributed by atoms with Crippen molar-refractivity contribution < 1.29 is 9.13 Å². The number of anilines is 1. The first-order valence-electron chi connectivity index (χ1n) is 8.84. The van der Waals surface area contributed by atoms with Crippen LogP contribution in [0.4, 0.5) is 10.1 Å². The number of benzene rings is 1. The first kappa shape index (κ1) is 17.0. The van der Waals surface area contributed by atoms with Crippen LogP contribution in [0.25, 0.3) is 0 Å². The molecule has 1 aromatic rings. The zero-order valence-corrected chi connectivity index (χ0v) is 14.4. The average molecular weight is 334 g/mol. The molecule has 0 spiro atoms. The Kier molecular flexibility index (Phi) is 5.91. The van der Waals surface area contributed by atoms with E-state index < -0.39 is 0 Å². The third-order valence-corrected chi connectivity index (χ3v) is 4.76. The Morgan fingerprint density at radius 2 is 2.08 bits per heavy atom. The highest BCUT2D eigenvalue weighted by atomic mass is 19.1. The summed E-state index contributed by atoms with van der Waals surface area (Å²) >= 11 is 0. The maximum absolute atomic E-state index is 13.9. The molecular weight excluding hydrogens is 307 g/mol. The van der Waals surface area contributed by atoms with Crippen LogP contribution in [0.5, 0.6) is 0 Å². The van der Waals surface area contributed by atoms with Gasteiger partial charge in [-0.25, -0.2) is 4.39 Å². The molecule has 0 saturated carbocycles. The number of aliphatic imine (C=N–C) groups is 1. The zero-order chi connectivity index (χ0) is 16.8.